The van der Waals surface area contributed by atoms with Crippen LogP contribution in [0, 0.1) is 13.8 Å². The molecular weight excluding hydrogens is 386 g/mol. The van der Waals surface area contributed by atoms with Gasteiger partial charge in [0.05, 0.1) is 4.90 Å². The number of aromatic nitrogens is 1. The predicted molar refractivity (Wildman–Crippen MR) is 114 cm³/mol. The zero-order chi connectivity index (χ0) is 21.2. The van der Waals surface area contributed by atoms with Crippen molar-refractivity contribution < 1.29 is 13.2 Å². The van der Waals surface area contributed by atoms with Crippen LogP contribution in [0.2, 0.25) is 0 Å². The van der Waals surface area contributed by atoms with Crippen LogP contribution >= 0.6 is 0 Å². The highest BCUT2D eigenvalue weighted by molar-refractivity contribution is 7.89. The summed E-state index contributed by atoms with van der Waals surface area (Å²) in [6.45, 7) is 4.19. The third-order valence-corrected chi connectivity index (χ3v) is 6.74. The maximum Gasteiger partial charge on any atom is 0.251 e. The van der Waals surface area contributed by atoms with Crippen molar-refractivity contribution in [2.75, 3.05) is 14.1 Å². The summed E-state index contributed by atoms with van der Waals surface area (Å²) in [5.41, 5.74) is 4.30. The zero-order valence-electron chi connectivity index (χ0n) is 17.0. The number of rotatable bonds is 6. The van der Waals surface area contributed by atoms with Crippen LogP contribution in [0.15, 0.2) is 65.6 Å². The number of hydrogen-bond acceptors (Lipinski definition) is 3. The van der Waals surface area contributed by atoms with Gasteiger partial charge >= 0.3 is 0 Å². The molecule has 1 heterocycles. The fraction of sp³-hybridized carbons (Fsp3) is 0.227. The van der Waals surface area contributed by atoms with Crippen molar-refractivity contribution in [1.82, 2.24) is 14.2 Å². The van der Waals surface area contributed by atoms with Gasteiger partial charge in [-0.3, -0.25) is 4.79 Å². The molecule has 0 spiro atoms. The van der Waals surface area contributed by atoms with Gasteiger partial charge in [0.2, 0.25) is 10.0 Å². The Morgan fingerprint density at radius 2 is 1.52 bits per heavy atom. The number of benzene rings is 2. The first-order chi connectivity index (χ1) is 13.7. The summed E-state index contributed by atoms with van der Waals surface area (Å²) in [6, 6.07) is 18.1. The lowest BCUT2D eigenvalue weighted by atomic mass is 10.1. The van der Waals surface area contributed by atoms with Crippen molar-refractivity contribution in [2.45, 2.75) is 25.3 Å². The lowest BCUT2D eigenvalue weighted by molar-refractivity contribution is 0.0950. The van der Waals surface area contributed by atoms with Crippen LogP contribution in [0.5, 0.6) is 0 Å². The highest BCUT2D eigenvalue weighted by Crippen LogP contribution is 2.19. The van der Waals surface area contributed by atoms with E-state index in [-0.39, 0.29) is 17.3 Å². The van der Waals surface area contributed by atoms with Crippen LogP contribution in [0.25, 0.3) is 5.69 Å². The molecule has 1 N–H and O–H groups in total. The molecule has 0 aliphatic rings. The lowest BCUT2D eigenvalue weighted by Gasteiger charge is -2.15. The molecule has 6 nitrogen and oxygen atoms in total. The molecule has 29 heavy (non-hydrogen) atoms. The Kier molecular flexibility index (Phi) is 5.91. The molecule has 3 rings (SSSR count). The van der Waals surface area contributed by atoms with Gasteiger partial charge in [-0.2, -0.15) is 0 Å². The number of carbonyl (C=O) groups is 1. The highest BCUT2D eigenvalue weighted by atomic mass is 32.2. The normalized spacial score (nSPS) is 11.6. The Balaban J connectivity index is 1.76. The number of sulfonamides is 1. The van der Waals surface area contributed by atoms with Crippen molar-refractivity contribution in [3.8, 4) is 5.69 Å². The molecule has 0 unspecified atom stereocenters. The van der Waals surface area contributed by atoms with Gasteiger partial charge in [0.25, 0.3) is 5.91 Å². The smallest absolute Gasteiger partial charge is 0.251 e. The van der Waals surface area contributed by atoms with Gasteiger partial charge in [0, 0.05) is 43.3 Å². The second-order valence-electron chi connectivity index (χ2n) is 7.08. The van der Waals surface area contributed by atoms with Gasteiger partial charge in [-0.1, -0.05) is 18.2 Å². The first kappa shape index (κ1) is 20.8. The molecule has 0 saturated carbocycles. The largest absolute Gasteiger partial charge is 0.348 e. The van der Waals surface area contributed by atoms with Crippen molar-refractivity contribution >= 4 is 15.9 Å². The first-order valence-electron chi connectivity index (χ1n) is 9.26. The monoisotopic (exact) mass is 411 g/mol. The lowest BCUT2D eigenvalue weighted by Crippen LogP contribution is -2.27. The molecule has 1 aromatic heterocycles. The van der Waals surface area contributed by atoms with E-state index in [9.17, 15) is 13.2 Å². The van der Waals surface area contributed by atoms with E-state index in [1.54, 1.807) is 36.4 Å². The fourth-order valence-corrected chi connectivity index (χ4v) is 4.33. The Morgan fingerprint density at radius 1 is 0.931 bits per heavy atom. The summed E-state index contributed by atoms with van der Waals surface area (Å²) in [7, 11) is -0.607. The third kappa shape index (κ3) is 4.26. The maximum atomic E-state index is 12.6. The second-order valence-corrected chi connectivity index (χ2v) is 9.20. The minimum atomic E-state index is -3.58. The third-order valence-electron chi connectivity index (χ3n) is 4.83. The van der Waals surface area contributed by atoms with Crippen LogP contribution in [0.3, 0.4) is 0 Å². The van der Waals surface area contributed by atoms with E-state index in [0.29, 0.717) is 11.1 Å². The van der Waals surface area contributed by atoms with Crippen molar-refractivity contribution in [3.63, 3.8) is 0 Å². The van der Waals surface area contributed by atoms with Gasteiger partial charge < -0.3 is 9.88 Å². The minimum absolute atomic E-state index is 0.125. The summed E-state index contributed by atoms with van der Waals surface area (Å²) in [5.74, 6) is -0.255. The number of hydrogen-bond donors (Lipinski definition) is 1. The molecular formula is C22H25N3O3S. The Hall–Kier alpha value is -2.90. The molecule has 0 fully saturated rings. The van der Waals surface area contributed by atoms with E-state index in [2.05, 4.69) is 22.0 Å². The Morgan fingerprint density at radius 3 is 2.10 bits per heavy atom. The molecule has 152 valence electrons. The Labute approximate surface area is 171 Å². The summed E-state index contributed by atoms with van der Waals surface area (Å²) >= 11 is 0. The number of nitrogens with one attached hydrogen (secondary N) is 1. The highest BCUT2D eigenvalue weighted by Gasteiger charge is 2.21. The molecule has 3 aromatic rings. The van der Waals surface area contributed by atoms with E-state index in [4.69, 9.17) is 0 Å². The quantitative estimate of drug-likeness (QED) is 0.677. The molecule has 0 atom stereocenters. The Bertz CT molecular complexity index is 1110. The summed E-state index contributed by atoms with van der Waals surface area (Å²) < 4.78 is 28.2. The van der Waals surface area contributed by atoms with Gasteiger partial charge in [0.1, 0.15) is 0 Å². The molecule has 0 bridgehead atoms. The van der Waals surface area contributed by atoms with E-state index >= 15 is 0 Å². The molecule has 0 saturated heterocycles. The SMILES string of the molecule is Cc1ccc(C)n1-c1ccc(C(=O)NCc2ccccc2S(=O)(=O)N(C)C)cc1. The second kappa shape index (κ2) is 8.23. The number of aryl methyl sites for hydroxylation is 2. The van der Waals surface area contributed by atoms with E-state index < -0.39 is 10.0 Å². The van der Waals surface area contributed by atoms with Gasteiger partial charge in [0.15, 0.2) is 0 Å². The molecule has 1 amide bonds. The van der Waals surface area contributed by atoms with Gasteiger partial charge in [-0.15, -0.1) is 0 Å². The first-order valence-corrected chi connectivity index (χ1v) is 10.7. The minimum Gasteiger partial charge on any atom is -0.348 e. The molecule has 0 aliphatic heterocycles. The van der Waals surface area contributed by atoms with Crippen molar-refractivity contribution in [3.05, 3.63) is 83.2 Å². The maximum absolute atomic E-state index is 12.6. The number of amides is 1. The average molecular weight is 412 g/mol. The molecule has 0 aliphatic carbocycles. The van der Waals surface area contributed by atoms with Crippen LogP contribution in [-0.4, -0.2) is 37.3 Å². The molecule has 7 heteroatoms. The van der Waals surface area contributed by atoms with Gasteiger partial charge in [-0.05, 0) is 61.9 Å². The standard InChI is InChI=1S/C22H25N3O3S/c1-16-9-10-17(2)25(16)20-13-11-18(12-14-20)22(26)23-15-19-7-5-6-8-21(19)29(27,28)24(3)4/h5-14H,15H2,1-4H3,(H,23,26). The number of carbonyl (C=O) groups excluding carboxylic acids is 1. The summed E-state index contributed by atoms with van der Waals surface area (Å²) in [5, 5.41) is 2.81. The van der Waals surface area contributed by atoms with E-state index in [1.807, 2.05) is 26.0 Å². The number of nitrogens with zero attached hydrogens (tertiary/aromatic N) is 2. The summed E-state index contributed by atoms with van der Waals surface area (Å²) in [6.07, 6.45) is 0. The van der Waals surface area contributed by atoms with Gasteiger partial charge in [-0.25, -0.2) is 12.7 Å². The van der Waals surface area contributed by atoms with E-state index in [1.165, 1.54) is 14.1 Å². The van der Waals surface area contributed by atoms with Crippen LogP contribution in [0.4, 0.5) is 0 Å². The van der Waals surface area contributed by atoms with Crippen LogP contribution in [-0.2, 0) is 16.6 Å². The molecule has 2 aromatic carbocycles. The predicted octanol–water partition coefficient (Wildman–Crippen LogP) is 3.27. The topological polar surface area (TPSA) is 71.4 Å². The summed E-state index contributed by atoms with van der Waals surface area (Å²) in [4.78, 5) is 12.8. The average Bonchev–Trinajstić information content (AvgIpc) is 3.04. The zero-order valence-corrected chi connectivity index (χ0v) is 17.8. The molecule has 0 radical (unpaired) electrons. The van der Waals surface area contributed by atoms with Crippen LogP contribution in [0.1, 0.15) is 27.3 Å². The van der Waals surface area contributed by atoms with Crippen molar-refractivity contribution in [2.24, 2.45) is 0 Å². The van der Waals surface area contributed by atoms with Crippen molar-refractivity contribution in [1.29, 1.82) is 0 Å². The fourth-order valence-electron chi connectivity index (χ4n) is 3.21. The van der Waals surface area contributed by atoms with E-state index in [0.717, 1.165) is 21.4 Å². The van der Waals surface area contributed by atoms with Crippen LogP contribution < -0.4 is 5.32 Å².